The van der Waals surface area contributed by atoms with Gasteiger partial charge in [-0.25, -0.2) is 0 Å². The maximum absolute atomic E-state index is 11.8. The first kappa shape index (κ1) is 31.0. The van der Waals surface area contributed by atoms with Gasteiger partial charge in [0, 0.05) is 18.8 Å². The average Bonchev–Trinajstić information content (AvgIpc) is 3.49. The van der Waals surface area contributed by atoms with Gasteiger partial charge in [-0.3, -0.25) is 9.59 Å². The van der Waals surface area contributed by atoms with Crippen LogP contribution in [0.3, 0.4) is 0 Å². The monoisotopic (exact) mass is 612 g/mol. The van der Waals surface area contributed by atoms with Crippen molar-refractivity contribution in [3.63, 3.8) is 0 Å². The molecular formula is C40H52O5. The van der Waals surface area contributed by atoms with Gasteiger partial charge in [0.05, 0.1) is 6.10 Å². The number of ketones is 1. The highest BCUT2D eigenvalue weighted by molar-refractivity contribution is 5.91. The SMILES string of the molecule is C#C[C@]1(OC(C)=O)CC[C@H]2[C@@H]3CCC4=CC(=O)CC[C@H]4[C@@H]3CC[C@@]21C.C[C@]12CC[C@@H]3c4ccc(O)cc4CC[C@H]3[C@H]1CC[C@H]2O. The second-order valence-corrected chi connectivity index (χ2v) is 16.3. The minimum absolute atomic E-state index is 0.0883. The number of aromatic hydroxyl groups is 1. The maximum atomic E-state index is 11.8. The number of fused-ring (bicyclic) bond motifs is 10. The third-order valence-corrected chi connectivity index (χ3v) is 14.6. The van der Waals surface area contributed by atoms with Gasteiger partial charge in [-0.1, -0.05) is 31.4 Å². The first-order valence-corrected chi connectivity index (χ1v) is 17.9. The number of terminal acetylenes is 1. The summed E-state index contributed by atoms with van der Waals surface area (Å²) in [5.41, 5.74) is 3.56. The number of phenolic OH excluding ortho intramolecular Hbond substituents is 1. The molecule has 1 aromatic carbocycles. The van der Waals surface area contributed by atoms with Gasteiger partial charge in [-0.15, -0.1) is 6.42 Å². The molecule has 0 heterocycles. The summed E-state index contributed by atoms with van der Waals surface area (Å²) in [6.07, 6.45) is 22.6. The molecule has 0 bridgehead atoms. The fraction of sp³-hybridized carbons (Fsp3) is 0.700. The number of allylic oxidation sites excluding steroid dienone is 1. The van der Waals surface area contributed by atoms with Crippen molar-refractivity contribution in [2.24, 2.45) is 46.3 Å². The standard InChI is InChI=1S/C22H28O3.C18H24O2/c1-4-22(25-14(2)23)12-10-20-19-7-5-15-13-16(24)6-8-17(15)18(19)9-11-21(20,22)3;1-18-9-8-14-13-5-3-12(19)10-11(13)2-4-15(14)16(18)6-7-17(18)20/h1,13,17-20H,5-12H2,2-3H3;3,5,10,14-17,19-20H,2,4,6-9H2,1H3/t17-,18+,19-,20+,21+,22+;14-,15-,16-,17-,18+/m11/s1. The van der Waals surface area contributed by atoms with E-state index in [2.05, 4.69) is 25.8 Å². The Labute approximate surface area is 269 Å². The molecule has 0 radical (unpaired) electrons. The average molecular weight is 613 g/mol. The zero-order valence-corrected chi connectivity index (χ0v) is 27.5. The molecule has 7 aliphatic rings. The van der Waals surface area contributed by atoms with Crippen LogP contribution in [0.1, 0.15) is 121 Å². The van der Waals surface area contributed by atoms with Crippen LogP contribution in [0, 0.1) is 58.7 Å². The molecule has 1 aromatic rings. The number of hydrogen-bond acceptors (Lipinski definition) is 5. The fourth-order valence-corrected chi connectivity index (χ4v) is 12.4. The molecule has 0 amide bonds. The number of benzene rings is 1. The molecule has 45 heavy (non-hydrogen) atoms. The number of carbonyl (C=O) groups is 2. The Hall–Kier alpha value is -2.58. The molecule has 7 aliphatic carbocycles. The van der Waals surface area contributed by atoms with Crippen molar-refractivity contribution in [2.45, 2.75) is 128 Å². The number of hydrogen-bond donors (Lipinski definition) is 2. The second-order valence-electron chi connectivity index (χ2n) is 16.3. The molecule has 0 spiro atoms. The Morgan fingerprint density at radius 2 is 1.69 bits per heavy atom. The van der Waals surface area contributed by atoms with Crippen LogP contribution in [0.15, 0.2) is 29.8 Å². The number of aliphatic hydroxyl groups is 1. The molecule has 5 saturated carbocycles. The largest absolute Gasteiger partial charge is 0.508 e. The Morgan fingerprint density at radius 3 is 2.47 bits per heavy atom. The van der Waals surface area contributed by atoms with E-state index in [0.29, 0.717) is 53.5 Å². The van der Waals surface area contributed by atoms with Crippen LogP contribution >= 0.6 is 0 Å². The number of ether oxygens (including phenoxy) is 1. The van der Waals surface area contributed by atoms with E-state index in [1.165, 1.54) is 42.9 Å². The van der Waals surface area contributed by atoms with Gasteiger partial charge < -0.3 is 14.9 Å². The van der Waals surface area contributed by atoms with E-state index < -0.39 is 5.60 Å². The number of aliphatic hydroxyl groups excluding tert-OH is 1. The highest BCUT2D eigenvalue weighted by atomic mass is 16.6. The van der Waals surface area contributed by atoms with E-state index in [9.17, 15) is 19.8 Å². The Bertz CT molecular complexity index is 1440. The molecular weight excluding hydrogens is 560 g/mol. The quantitative estimate of drug-likeness (QED) is 0.251. The van der Waals surface area contributed by atoms with E-state index >= 15 is 0 Å². The van der Waals surface area contributed by atoms with Crippen molar-refractivity contribution in [3.8, 4) is 18.1 Å². The van der Waals surface area contributed by atoms with Crippen molar-refractivity contribution < 1.29 is 24.5 Å². The fourth-order valence-electron chi connectivity index (χ4n) is 12.4. The molecule has 5 heteroatoms. The van der Waals surface area contributed by atoms with Crippen LogP contribution in [-0.4, -0.2) is 33.7 Å². The maximum Gasteiger partial charge on any atom is 0.304 e. The minimum atomic E-state index is -0.729. The number of carbonyl (C=O) groups excluding carboxylic acids is 2. The molecule has 5 nitrogen and oxygen atoms in total. The lowest BCUT2D eigenvalue weighted by Gasteiger charge is -2.55. The van der Waals surface area contributed by atoms with Crippen molar-refractivity contribution in [1.82, 2.24) is 0 Å². The van der Waals surface area contributed by atoms with Crippen LogP contribution in [0.25, 0.3) is 0 Å². The van der Waals surface area contributed by atoms with Crippen molar-refractivity contribution in [2.75, 3.05) is 0 Å². The number of esters is 1. The summed E-state index contributed by atoms with van der Waals surface area (Å²) in [5, 5.41) is 20.0. The van der Waals surface area contributed by atoms with Crippen LogP contribution < -0.4 is 0 Å². The zero-order chi connectivity index (χ0) is 31.7. The van der Waals surface area contributed by atoms with Gasteiger partial charge in [-0.05, 0) is 160 Å². The third kappa shape index (κ3) is 4.83. The van der Waals surface area contributed by atoms with E-state index in [0.717, 1.165) is 70.1 Å². The van der Waals surface area contributed by atoms with E-state index in [1.807, 2.05) is 18.2 Å². The van der Waals surface area contributed by atoms with E-state index in [1.54, 1.807) is 0 Å². The summed E-state index contributed by atoms with van der Waals surface area (Å²) in [7, 11) is 0. The molecule has 11 atom stereocenters. The van der Waals surface area contributed by atoms with E-state index in [4.69, 9.17) is 11.2 Å². The summed E-state index contributed by atoms with van der Waals surface area (Å²) >= 11 is 0. The van der Waals surface area contributed by atoms with Crippen molar-refractivity contribution in [3.05, 3.63) is 41.0 Å². The predicted molar refractivity (Wildman–Crippen MR) is 174 cm³/mol. The summed E-state index contributed by atoms with van der Waals surface area (Å²) in [6.45, 7) is 6.05. The smallest absolute Gasteiger partial charge is 0.304 e. The Balaban J connectivity index is 0.000000148. The summed E-state index contributed by atoms with van der Waals surface area (Å²) < 4.78 is 5.79. The first-order chi connectivity index (χ1) is 21.5. The van der Waals surface area contributed by atoms with Gasteiger partial charge >= 0.3 is 5.97 Å². The lowest BCUT2D eigenvalue weighted by molar-refractivity contribution is -0.167. The van der Waals surface area contributed by atoms with Crippen LogP contribution in [-0.2, 0) is 20.7 Å². The Morgan fingerprint density at radius 1 is 0.889 bits per heavy atom. The van der Waals surface area contributed by atoms with Gasteiger partial charge in [0.15, 0.2) is 11.4 Å². The second kappa shape index (κ2) is 11.3. The highest BCUT2D eigenvalue weighted by Gasteiger charge is 2.64. The van der Waals surface area contributed by atoms with Crippen LogP contribution in [0.5, 0.6) is 5.75 Å². The summed E-state index contributed by atoms with van der Waals surface area (Å²) in [6, 6.07) is 5.96. The number of rotatable bonds is 1. The van der Waals surface area contributed by atoms with E-state index in [-0.39, 0.29) is 22.9 Å². The lowest BCUT2D eigenvalue weighted by Crippen LogP contribution is -2.53. The van der Waals surface area contributed by atoms with Gasteiger partial charge in [0.1, 0.15) is 5.75 Å². The number of aryl methyl sites for hydroxylation is 1. The topological polar surface area (TPSA) is 83.8 Å². The van der Waals surface area contributed by atoms with Crippen molar-refractivity contribution in [1.29, 1.82) is 0 Å². The molecule has 0 unspecified atom stereocenters. The van der Waals surface area contributed by atoms with Gasteiger partial charge in [0.25, 0.3) is 0 Å². The van der Waals surface area contributed by atoms with Gasteiger partial charge in [0.2, 0.25) is 0 Å². The summed E-state index contributed by atoms with van der Waals surface area (Å²) in [4.78, 5) is 23.5. The highest BCUT2D eigenvalue weighted by Crippen LogP contribution is 2.66. The lowest BCUT2D eigenvalue weighted by atomic mass is 9.50. The molecule has 8 rings (SSSR count). The molecule has 0 saturated heterocycles. The zero-order valence-electron chi connectivity index (χ0n) is 27.5. The first-order valence-electron chi connectivity index (χ1n) is 17.9. The Kier molecular flexibility index (Phi) is 7.79. The molecule has 0 aromatic heterocycles. The molecule has 5 fully saturated rings. The third-order valence-electron chi connectivity index (χ3n) is 14.6. The predicted octanol–water partition coefficient (Wildman–Crippen LogP) is 7.67. The molecule has 2 N–H and O–H groups in total. The normalized spacial score (nSPS) is 44.2. The van der Waals surface area contributed by atoms with Crippen LogP contribution in [0.4, 0.5) is 0 Å². The molecule has 242 valence electrons. The number of phenols is 1. The minimum Gasteiger partial charge on any atom is -0.508 e. The summed E-state index contributed by atoms with van der Waals surface area (Å²) in [5.74, 6) is 7.90. The van der Waals surface area contributed by atoms with Gasteiger partial charge in [-0.2, -0.15) is 0 Å². The molecule has 0 aliphatic heterocycles. The van der Waals surface area contributed by atoms with Crippen LogP contribution in [0.2, 0.25) is 0 Å². The van der Waals surface area contributed by atoms with Crippen molar-refractivity contribution >= 4 is 11.8 Å².